The molecule has 19 heavy (non-hydrogen) atoms. The Balaban J connectivity index is 1.87. The Labute approximate surface area is 115 Å². The maximum absolute atomic E-state index is 12.2. The van der Waals surface area contributed by atoms with Gasteiger partial charge in [0.05, 0.1) is 0 Å². The Kier molecular flexibility index (Phi) is 4.97. The second-order valence-corrected chi connectivity index (χ2v) is 5.60. The summed E-state index contributed by atoms with van der Waals surface area (Å²) in [5, 5.41) is 3.06. The third kappa shape index (κ3) is 3.80. The van der Waals surface area contributed by atoms with E-state index in [1.54, 1.807) is 0 Å². The Hall–Kier alpha value is -1.35. The molecule has 1 aliphatic rings. The van der Waals surface area contributed by atoms with Crippen molar-refractivity contribution in [3.63, 3.8) is 0 Å². The monoisotopic (exact) mass is 260 g/mol. The van der Waals surface area contributed by atoms with Crippen LogP contribution in [0.5, 0.6) is 0 Å². The van der Waals surface area contributed by atoms with Gasteiger partial charge in [-0.2, -0.15) is 0 Å². The Bertz CT molecular complexity index is 423. The lowest BCUT2D eigenvalue weighted by Crippen LogP contribution is -2.28. The Morgan fingerprint density at radius 1 is 1.26 bits per heavy atom. The zero-order valence-corrected chi connectivity index (χ0v) is 11.7. The summed E-state index contributed by atoms with van der Waals surface area (Å²) >= 11 is 0. The normalized spacial score (nSPS) is 23.1. The quantitative estimate of drug-likeness (QED) is 0.874. The van der Waals surface area contributed by atoms with Gasteiger partial charge in [0.15, 0.2) is 0 Å². The van der Waals surface area contributed by atoms with Crippen LogP contribution >= 0.6 is 0 Å². The van der Waals surface area contributed by atoms with Crippen molar-refractivity contribution in [1.29, 1.82) is 0 Å². The number of nitrogens with one attached hydrogen (secondary N) is 1. The van der Waals surface area contributed by atoms with Crippen LogP contribution < -0.4 is 11.1 Å². The second kappa shape index (κ2) is 6.71. The van der Waals surface area contributed by atoms with Gasteiger partial charge in [0.1, 0.15) is 0 Å². The number of amides is 1. The molecule has 3 N–H and O–H groups in total. The van der Waals surface area contributed by atoms with Crippen LogP contribution in [0, 0.1) is 18.8 Å². The molecule has 0 aliphatic heterocycles. The summed E-state index contributed by atoms with van der Waals surface area (Å²) in [6.45, 7) is 2.79. The lowest BCUT2D eigenvalue weighted by atomic mass is 9.80. The fourth-order valence-electron chi connectivity index (χ4n) is 2.90. The molecule has 1 fully saturated rings. The molecule has 2 rings (SSSR count). The van der Waals surface area contributed by atoms with E-state index >= 15 is 0 Å². The molecule has 0 unspecified atom stereocenters. The summed E-state index contributed by atoms with van der Waals surface area (Å²) < 4.78 is 0. The van der Waals surface area contributed by atoms with Crippen LogP contribution in [-0.4, -0.2) is 12.5 Å². The highest BCUT2D eigenvalue weighted by atomic mass is 16.1. The molecule has 104 valence electrons. The number of nitrogens with two attached hydrogens (primary N) is 1. The van der Waals surface area contributed by atoms with Gasteiger partial charge in [-0.25, -0.2) is 0 Å². The largest absolute Gasteiger partial charge is 0.330 e. The third-order valence-corrected chi connectivity index (χ3v) is 4.20. The van der Waals surface area contributed by atoms with E-state index in [0.717, 1.165) is 55.8 Å². The summed E-state index contributed by atoms with van der Waals surface area (Å²) in [5.41, 5.74) is 7.65. The fourth-order valence-corrected chi connectivity index (χ4v) is 2.90. The molecule has 0 heterocycles. The Morgan fingerprint density at radius 3 is 2.58 bits per heavy atom. The molecule has 3 heteroatoms. The number of carbonyl (C=O) groups excluding carboxylic acids is 1. The first-order valence-corrected chi connectivity index (χ1v) is 7.27. The number of hydrogen-bond donors (Lipinski definition) is 2. The number of para-hydroxylation sites is 1. The summed E-state index contributed by atoms with van der Waals surface area (Å²) in [7, 11) is 0. The van der Waals surface area contributed by atoms with Gasteiger partial charge in [-0.05, 0) is 63.1 Å². The third-order valence-electron chi connectivity index (χ3n) is 4.20. The van der Waals surface area contributed by atoms with Crippen LogP contribution in [0.3, 0.4) is 0 Å². The fraction of sp³-hybridized carbons (Fsp3) is 0.562. The average Bonchev–Trinajstić information content (AvgIpc) is 2.42. The summed E-state index contributed by atoms with van der Waals surface area (Å²) in [5.74, 6) is 1.08. The van der Waals surface area contributed by atoms with E-state index in [9.17, 15) is 4.79 Å². The highest BCUT2D eigenvalue weighted by Crippen LogP contribution is 2.31. The summed E-state index contributed by atoms with van der Waals surface area (Å²) in [4.78, 5) is 12.2. The SMILES string of the molecule is Cc1ccccc1NC(=O)C1CCC(CCN)CC1. The van der Waals surface area contributed by atoms with Gasteiger partial charge in [-0.15, -0.1) is 0 Å². The van der Waals surface area contributed by atoms with Crippen molar-refractivity contribution in [2.45, 2.75) is 39.0 Å². The first-order valence-electron chi connectivity index (χ1n) is 7.27. The van der Waals surface area contributed by atoms with Crippen LogP contribution in [0.25, 0.3) is 0 Å². The molecule has 1 aromatic rings. The molecule has 0 bridgehead atoms. The van der Waals surface area contributed by atoms with Crippen molar-refractivity contribution in [1.82, 2.24) is 0 Å². The van der Waals surface area contributed by atoms with E-state index in [0.29, 0.717) is 0 Å². The predicted octanol–water partition coefficient (Wildman–Crippen LogP) is 3.09. The standard InChI is InChI=1S/C16H24N2O/c1-12-4-2-3-5-15(12)18-16(19)14-8-6-13(7-9-14)10-11-17/h2-5,13-14H,6-11,17H2,1H3,(H,18,19). The van der Waals surface area contributed by atoms with Crippen molar-refractivity contribution < 1.29 is 4.79 Å². The minimum absolute atomic E-state index is 0.175. The molecule has 1 aromatic carbocycles. The highest BCUT2D eigenvalue weighted by Gasteiger charge is 2.25. The molecule has 0 atom stereocenters. The van der Waals surface area contributed by atoms with Gasteiger partial charge in [-0.3, -0.25) is 4.79 Å². The average molecular weight is 260 g/mol. The molecule has 0 radical (unpaired) electrons. The van der Waals surface area contributed by atoms with Crippen molar-refractivity contribution in [2.24, 2.45) is 17.6 Å². The van der Waals surface area contributed by atoms with Gasteiger partial charge in [-0.1, -0.05) is 18.2 Å². The second-order valence-electron chi connectivity index (χ2n) is 5.60. The number of aryl methyl sites for hydroxylation is 1. The van der Waals surface area contributed by atoms with Crippen LogP contribution in [0.1, 0.15) is 37.7 Å². The molecule has 3 nitrogen and oxygen atoms in total. The van der Waals surface area contributed by atoms with Crippen molar-refractivity contribution in [3.8, 4) is 0 Å². The van der Waals surface area contributed by atoms with Crippen molar-refractivity contribution in [3.05, 3.63) is 29.8 Å². The maximum atomic E-state index is 12.2. The first kappa shape index (κ1) is 14.1. The van der Waals surface area contributed by atoms with Gasteiger partial charge in [0.2, 0.25) is 5.91 Å². The molecular formula is C16H24N2O. The Morgan fingerprint density at radius 2 is 1.95 bits per heavy atom. The number of benzene rings is 1. The first-order chi connectivity index (χ1) is 9.20. The van der Waals surface area contributed by atoms with Crippen LogP contribution in [0.4, 0.5) is 5.69 Å². The molecule has 0 aromatic heterocycles. The molecule has 0 saturated heterocycles. The summed E-state index contributed by atoms with van der Waals surface area (Å²) in [6.07, 6.45) is 5.39. The topological polar surface area (TPSA) is 55.1 Å². The van der Waals surface area contributed by atoms with Crippen molar-refractivity contribution >= 4 is 11.6 Å². The smallest absolute Gasteiger partial charge is 0.227 e. The molecule has 1 saturated carbocycles. The van der Waals surface area contributed by atoms with Crippen molar-refractivity contribution in [2.75, 3.05) is 11.9 Å². The lowest BCUT2D eigenvalue weighted by molar-refractivity contribution is -0.121. The number of carbonyl (C=O) groups is 1. The van der Waals surface area contributed by atoms with Gasteiger partial charge in [0.25, 0.3) is 0 Å². The number of hydrogen-bond acceptors (Lipinski definition) is 2. The van der Waals surface area contributed by atoms with Gasteiger partial charge >= 0.3 is 0 Å². The van der Waals surface area contributed by atoms with Crippen LogP contribution in [0.15, 0.2) is 24.3 Å². The number of anilines is 1. The highest BCUT2D eigenvalue weighted by molar-refractivity contribution is 5.93. The minimum atomic E-state index is 0.175. The predicted molar refractivity (Wildman–Crippen MR) is 78.9 cm³/mol. The van der Waals surface area contributed by atoms with E-state index in [1.807, 2.05) is 31.2 Å². The van der Waals surface area contributed by atoms with E-state index in [-0.39, 0.29) is 11.8 Å². The van der Waals surface area contributed by atoms with Gasteiger partial charge < -0.3 is 11.1 Å². The van der Waals surface area contributed by atoms with E-state index in [1.165, 1.54) is 0 Å². The molecule has 1 amide bonds. The van der Waals surface area contributed by atoms with Crippen LogP contribution in [-0.2, 0) is 4.79 Å². The summed E-state index contributed by atoms with van der Waals surface area (Å²) in [6, 6.07) is 7.94. The van der Waals surface area contributed by atoms with E-state index < -0.39 is 0 Å². The van der Waals surface area contributed by atoms with Crippen LogP contribution in [0.2, 0.25) is 0 Å². The zero-order chi connectivity index (χ0) is 13.7. The van der Waals surface area contributed by atoms with E-state index in [4.69, 9.17) is 5.73 Å². The van der Waals surface area contributed by atoms with E-state index in [2.05, 4.69) is 5.32 Å². The minimum Gasteiger partial charge on any atom is -0.330 e. The molecule has 0 spiro atoms. The maximum Gasteiger partial charge on any atom is 0.227 e. The molecule has 1 aliphatic carbocycles. The molecular weight excluding hydrogens is 236 g/mol. The number of rotatable bonds is 4. The zero-order valence-electron chi connectivity index (χ0n) is 11.7. The van der Waals surface area contributed by atoms with Gasteiger partial charge in [0, 0.05) is 11.6 Å². The lowest BCUT2D eigenvalue weighted by Gasteiger charge is -2.27.